The van der Waals surface area contributed by atoms with Crippen LogP contribution in [0.2, 0.25) is 0 Å². The minimum atomic E-state index is -0.499. The van der Waals surface area contributed by atoms with Crippen LogP contribution in [0.1, 0.15) is 28.5 Å². The van der Waals surface area contributed by atoms with E-state index in [2.05, 4.69) is 10.1 Å². The average molecular weight is 445 g/mol. The fraction of sp³-hybridized carbons (Fsp3) is 0.200. The van der Waals surface area contributed by atoms with E-state index in [4.69, 9.17) is 14.2 Å². The molecule has 0 fully saturated rings. The molecule has 0 bridgehead atoms. The van der Waals surface area contributed by atoms with Crippen molar-refractivity contribution in [1.82, 2.24) is 14.6 Å². The zero-order valence-electron chi connectivity index (χ0n) is 18.6. The molecular formula is C25H23N3O5. The van der Waals surface area contributed by atoms with Crippen molar-refractivity contribution in [1.29, 1.82) is 0 Å². The van der Waals surface area contributed by atoms with Gasteiger partial charge < -0.3 is 14.2 Å². The third kappa shape index (κ3) is 4.85. The second-order valence-electron chi connectivity index (χ2n) is 7.30. The maximum Gasteiger partial charge on any atom is 0.344 e. The van der Waals surface area contributed by atoms with Gasteiger partial charge in [0, 0.05) is 17.8 Å². The van der Waals surface area contributed by atoms with Gasteiger partial charge in [-0.2, -0.15) is 5.10 Å². The van der Waals surface area contributed by atoms with Crippen molar-refractivity contribution >= 4 is 17.4 Å². The molecule has 0 spiro atoms. The molecule has 0 aliphatic heterocycles. The molecule has 0 saturated heterocycles. The van der Waals surface area contributed by atoms with E-state index in [1.54, 1.807) is 42.9 Å². The van der Waals surface area contributed by atoms with Crippen LogP contribution in [0.25, 0.3) is 16.9 Å². The topological polar surface area (TPSA) is 92.0 Å². The molecule has 168 valence electrons. The molecule has 2 heterocycles. The highest BCUT2D eigenvalue weighted by atomic mass is 16.6. The lowest BCUT2D eigenvalue weighted by Gasteiger charge is -2.11. The molecule has 33 heavy (non-hydrogen) atoms. The van der Waals surface area contributed by atoms with Crippen molar-refractivity contribution in [3.63, 3.8) is 0 Å². The van der Waals surface area contributed by atoms with E-state index in [0.717, 1.165) is 22.6 Å². The number of hydrogen-bond acceptors (Lipinski definition) is 7. The molecule has 0 unspecified atom stereocenters. The van der Waals surface area contributed by atoms with Crippen molar-refractivity contribution < 1.29 is 23.8 Å². The number of ether oxygens (including phenoxy) is 3. The number of hydrogen-bond donors (Lipinski definition) is 0. The number of carbonyl (C=O) groups excluding carboxylic acids is 2. The molecule has 8 nitrogen and oxygen atoms in total. The average Bonchev–Trinajstić information content (AvgIpc) is 3.26. The fourth-order valence-electron chi connectivity index (χ4n) is 3.33. The number of ketones is 1. The third-order valence-corrected chi connectivity index (χ3v) is 4.97. The second-order valence-corrected chi connectivity index (χ2v) is 7.30. The first kappa shape index (κ1) is 22.0. The number of fused-ring (bicyclic) bond motifs is 1. The van der Waals surface area contributed by atoms with Crippen LogP contribution in [0.4, 0.5) is 0 Å². The van der Waals surface area contributed by atoms with Gasteiger partial charge in [0.1, 0.15) is 17.2 Å². The maximum atomic E-state index is 13.3. The Kier molecular flexibility index (Phi) is 6.35. The minimum absolute atomic E-state index is 0.246. The summed E-state index contributed by atoms with van der Waals surface area (Å²) in [5, 5.41) is 4.54. The van der Waals surface area contributed by atoms with Gasteiger partial charge in [0.15, 0.2) is 12.3 Å². The Morgan fingerprint density at radius 2 is 1.82 bits per heavy atom. The first-order chi connectivity index (χ1) is 16.0. The number of methoxy groups -OCH3 is 1. The molecule has 4 rings (SSSR count). The number of aryl methyl sites for hydroxylation is 1. The summed E-state index contributed by atoms with van der Waals surface area (Å²) in [6.07, 6.45) is 1.69. The lowest BCUT2D eigenvalue weighted by atomic mass is 10.0. The van der Waals surface area contributed by atoms with E-state index in [0.29, 0.717) is 17.0 Å². The highest BCUT2D eigenvalue weighted by Gasteiger charge is 2.19. The number of rotatable bonds is 8. The summed E-state index contributed by atoms with van der Waals surface area (Å²) in [4.78, 5) is 29.5. The molecule has 0 aliphatic rings. The molecule has 8 heteroatoms. The standard InChI is InChI=1S/C25H23N3O5/c1-4-32-24(29)15-33-22-10-5-16(2)13-19(22)25(30)20-11-12-28-23(26-20)14-21(27-28)17-6-8-18(31-3)9-7-17/h5-14H,4,15H2,1-3H3. The van der Waals surface area contributed by atoms with E-state index < -0.39 is 5.97 Å². The van der Waals surface area contributed by atoms with Gasteiger partial charge in [0.25, 0.3) is 0 Å². The van der Waals surface area contributed by atoms with E-state index in [1.165, 1.54) is 0 Å². The summed E-state index contributed by atoms with van der Waals surface area (Å²) in [5.41, 5.74) is 3.62. The SMILES string of the molecule is CCOC(=O)COc1ccc(C)cc1C(=O)c1ccn2nc(-c3ccc(OC)cc3)cc2n1. The van der Waals surface area contributed by atoms with Crippen molar-refractivity contribution in [2.24, 2.45) is 0 Å². The van der Waals surface area contributed by atoms with Crippen LogP contribution in [-0.4, -0.2) is 46.7 Å². The first-order valence-corrected chi connectivity index (χ1v) is 10.4. The molecule has 0 radical (unpaired) electrons. The predicted octanol–water partition coefficient (Wildman–Crippen LogP) is 3.89. The lowest BCUT2D eigenvalue weighted by Crippen LogP contribution is -2.16. The van der Waals surface area contributed by atoms with Crippen LogP contribution >= 0.6 is 0 Å². The zero-order valence-corrected chi connectivity index (χ0v) is 18.6. The Bertz CT molecular complexity index is 1310. The Morgan fingerprint density at radius 3 is 2.55 bits per heavy atom. The Labute approximate surface area is 190 Å². The summed E-state index contributed by atoms with van der Waals surface area (Å²) in [6, 6.07) is 16.2. The van der Waals surface area contributed by atoms with Gasteiger partial charge in [-0.3, -0.25) is 4.79 Å². The van der Waals surface area contributed by atoms with Gasteiger partial charge >= 0.3 is 5.97 Å². The van der Waals surface area contributed by atoms with Crippen LogP contribution in [0.15, 0.2) is 60.8 Å². The second kappa shape index (κ2) is 9.52. The number of esters is 1. The minimum Gasteiger partial charge on any atom is -0.497 e. The Balaban J connectivity index is 1.63. The lowest BCUT2D eigenvalue weighted by molar-refractivity contribution is -0.145. The number of benzene rings is 2. The smallest absolute Gasteiger partial charge is 0.344 e. The summed E-state index contributed by atoms with van der Waals surface area (Å²) >= 11 is 0. The van der Waals surface area contributed by atoms with Crippen molar-refractivity contribution in [3.8, 4) is 22.8 Å². The summed E-state index contributed by atoms with van der Waals surface area (Å²) in [5.74, 6) is 0.244. The monoisotopic (exact) mass is 445 g/mol. The van der Waals surface area contributed by atoms with E-state index >= 15 is 0 Å². The zero-order chi connectivity index (χ0) is 23.4. The van der Waals surface area contributed by atoms with Crippen LogP contribution in [0.5, 0.6) is 11.5 Å². The van der Waals surface area contributed by atoms with Crippen molar-refractivity contribution in [2.45, 2.75) is 13.8 Å². The summed E-state index contributed by atoms with van der Waals surface area (Å²) in [7, 11) is 1.61. The Hall–Kier alpha value is -4.20. The third-order valence-electron chi connectivity index (χ3n) is 4.97. The Morgan fingerprint density at radius 1 is 1.03 bits per heavy atom. The van der Waals surface area contributed by atoms with E-state index in [1.807, 2.05) is 43.3 Å². The number of nitrogens with zero attached hydrogens (tertiary/aromatic N) is 3. The molecule has 2 aromatic heterocycles. The molecule has 0 aliphatic carbocycles. The van der Waals surface area contributed by atoms with Gasteiger partial charge in [-0.15, -0.1) is 0 Å². The van der Waals surface area contributed by atoms with Gasteiger partial charge in [-0.25, -0.2) is 14.3 Å². The predicted molar refractivity (Wildman–Crippen MR) is 122 cm³/mol. The van der Waals surface area contributed by atoms with Crippen molar-refractivity contribution in [2.75, 3.05) is 20.3 Å². The quantitative estimate of drug-likeness (QED) is 0.300. The molecule has 0 atom stereocenters. The van der Waals surface area contributed by atoms with Crippen molar-refractivity contribution in [3.05, 3.63) is 77.6 Å². The van der Waals surface area contributed by atoms with Gasteiger partial charge in [0.05, 0.1) is 25.0 Å². The van der Waals surface area contributed by atoms with Gasteiger partial charge in [0.2, 0.25) is 5.78 Å². The fourth-order valence-corrected chi connectivity index (χ4v) is 3.33. The summed E-state index contributed by atoms with van der Waals surface area (Å²) in [6.45, 7) is 3.57. The molecule has 0 saturated carbocycles. The van der Waals surface area contributed by atoms with E-state index in [9.17, 15) is 9.59 Å². The molecule has 0 N–H and O–H groups in total. The maximum absolute atomic E-state index is 13.3. The highest BCUT2D eigenvalue weighted by molar-refractivity contribution is 6.09. The van der Waals surface area contributed by atoms with Crippen LogP contribution in [-0.2, 0) is 9.53 Å². The van der Waals surface area contributed by atoms with E-state index in [-0.39, 0.29) is 24.7 Å². The van der Waals surface area contributed by atoms with Gasteiger partial charge in [-0.05, 0) is 56.3 Å². The first-order valence-electron chi connectivity index (χ1n) is 10.4. The normalized spacial score (nSPS) is 10.8. The van der Waals surface area contributed by atoms with Crippen LogP contribution in [0.3, 0.4) is 0 Å². The molecule has 0 amide bonds. The molecule has 4 aromatic rings. The summed E-state index contributed by atoms with van der Waals surface area (Å²) < 4.78 is 17.3. The molecular weight excluding hydrogens is 422 g/mol. The number of carbonyl (C=O) groups is 2. The molecule has 2 aromatic carbocycles. The highest BCUT2D eigenvalue weighted by Crippen LogP contribution is 2.25. The largest absolute Gasteiger partial charge is 0.497 e. The van der Waals surface area contributed by atoms with Gasteiger partial charge in [-0.1, -0.05) is 11.6 Å². The van der Waals surface area contributed by atoms with Crippen LogP contribution in [0, 0.1) is 6.92 Å². The number of aromatic nitrogens is 3. The van der Waals surface area contributed by atoms with Crippen LogP contribution < -0.4 is 9.47 Å².